The maximum Gasteiger partial charge on any atom is 0.322 e. The molecule has 0 radical (unpaired) electrons. The molecule has 0 aromatic carbocycles. The Morgan fingerprint density at radius 1 is 1.50 bits per heavy atom. The Kier molecular flexibility index (Phi) is 2.89. The molecule has 0 bridgehead atoms. The lowest BCUT2D eigenvalue weighted by Gasteiger charge is -2.37. The van der Waals surface area contributed by atoms with E-state index >= 15 is 0 Å². The van der Waals surface area contributed by atoms with Crippen LogP contribution in [0.15, 0.2) is 0 Å². The van der Waals surface area contributed by atoms with Crippen molar-refractivity contribution in [3.63, 3.8) is 0 Å². The van der Waals surface area contributed by atoms with Crippen LogP contribution in [0.3, 0.4) is 0 Å². The maximum absolute atomic E-state index is 11.2. The van der Waals surface area contributed by atoms with Crippen molar-refractivity contribution in [2.45, 2.75) is 50.9 Å². The lowest BCUT2D eigenvalue weighted by Crippen LogP contribution is -2.53. The highest BCUT2D eigenvalue weighted by Gasteiger charge is 2.49. The molecule has 82 valence electrons. The number of nitrogens with zero attached hydrogens (tertiary/aromatic N) is 1. The SMILES string of the molecule is CC1(C)SCN(C(C)(C)C)C1C(=O)O. The average molecular weight is 217 g/mol. The smallest absolute Gasteiger partial charge is 0.322 e. The summed E-state index contributed by atoms with van der Waals surface area (Å²) in [6, 6.07) is -0.382. The Morgan fingerprint density at radius 3 is 2.29 bits per heavy atom. The van der Waals surface area contributed by atoms with E-state index in [1.807, 2.05) is 13.8 Å². The van der Waals surface area contributed by atoms with Crippen LogP contribution in [0.25, 0.3) is 0 Å². The molecular formula is C10H19NO2S. The Balaban J connectivity index is 2.96. The molecule has 1 saturated heterocycles. The van der Waals surface area contributed by atoms with Gasteiger partial charge < -0.3 is 5.11 Å². The number of carboxylic acid groups (broad SMARTS) is 1. The van der Waals surface area contributed by atoms with E-state index in [4.69, 9.17) is 0 Å². The zero-order valence-electron chi connectivity index (χ0n) is 9.50. The Morgan fingerprint density at radius 2 is 2.00 bits per heavy atom. The van der Waals surface area contributed by atoms with Gasteiger partial charge in [0.15, 0.2) is 0 Å². The summed E-state index contributed by atoms with van der Waals surface area (Å²) in [5.41, 5.74) is -0.0795. The molecule has 1 rings (SSSR count). The molecule has 0 spiro atoms. The van der Waals surface area contributed by atoms with Gasteiger partial charge in [-0.3, -0.25) is 9.69 Å². The number of hydrogen-bond acceptors (Lipinski definition) is 3. The van der Waals surface area contributed by atoms with Gasteiger partial charge in [-0.25, -0.2) is 0 Å². The predicted octanol–water partition coefficient (Wildman–Crippen LogP) is 2.02. The molecule has 1 aliphatic heterocycles. The number of thioether (sulfide) groups is 1. The van der Waals surface area contributed by atoms with E-state index in [0.717, 1.165) is 5.88 Å². The van der Waals surface area contributed by atoms with Gasteiger partial charge in [-0.2, -0.15) is 0 Å². The van der Waals surface area contributed by atoms with Crippen LogP contribution in [0.2, 0.25) is 0 Å². The summed E-state index contributed by atoms with van der Waals surface area (Å²) >= 11 is 1.72. The van der Waals surface area contributed by atoms with Crippen molar-refractivity contribution in [2.75, 3.05) is 5.88 Å². The molecule has 0 aromatic rings. The van der Waals surface area contributed by atoms with Crippen LogP contribution in [0.4, 0.5) is 0 Å². The minimum atomic E-state index is -0.713. The van der Waals surface area contributed by atoms with Crippen molar-refractivity contribution < 1.29 is 9.90 Å². The molecule has 3 nitrogen and oxygen atoms in total. The lowest BCUT2D eigenvalue weighted by molar-refractivity contribution is -0.145. The number of carboxylic acids is 1. The normalized spacial score (nSPS) is 27.9. The highest BCUT2D eigenvalue weighted by molar-refractivity contribution is 8.00. The molecule has 4 heteroatoms. The van der Waals surface area contributed by atoms with Crippen molar-refractivity contribution in [3.8, 4) is 0 Å². The first kappa shape index (κ1) is 11.9. The first-order chi connectivity index (χ1) is 6.16. The zero-order valence-corrected chi connectivity index (χ0v) is 10.3. The van der Waals surface area contributed by atoms with Crippen LogP contribution in [0.1, 0.15) is 34.6 Å². The highest BCUT2D eigenvalue weighted by atomic mass is 32.2. The van der Waals surface area contributed by atoms with Crippen molar-refractivity contribution in [3.05, 3.63) is 0 Å². The number of hydrogen-bond donors (Lipinski definition) is 1. The number of aliphatic carboxylic acids is 1. The van der Waals surface area contributed by atoms with Gasteiger partial charge in [0.1, 0.15) is 6.04 Å². The van der Waals surface area contributed by atoms with Crippen molar-refractivity contribution >= 4 is 17.7 Å². The van der Waals surface area contributed by atoms with E-state index in [0.29, 0.717) is 0 Å². The monoisotopic (exact) mass is 217 g/mol. The summed E-state index contributed by atoms with van der Waals surface area (Å²) in [7, 11) is 0. The minimum absolute atomic E-state index is 0.0795. The van der Waals surface area contributed by atoms with Gasteiger partial charge in [0.2, 0.25) is 0 Å². The number of carbonyl (C=O) groups is 1. The van der Waals surface area contributed by atoms with Gasteiger partial charge in [0.05, 0.1) is 0 Å². The average Bonchev–Trinajstić information content (AvgIpc) is 2.23. The molecule has 1 aliphatic rings. The zero-order chi connectivity index (χ0) is 11.1. The van der Waals surface area contributed by atoms with Crippen molar-refractivity contribution in [1.29, 1.82) is 0 Å². The van der Waals surface area contributed by atoms with E-state index in [1.165, 1.54) is 0 Å². The van der Waals surface area contributed by atoms with Crippen LogP contribution >= 0.6 is 11.8 Å². The van der Waals surface area contributed by atoms with E-state index in [9.17, 15) is 9.90 Å². The molecule has 0 aliphatic carbocycles. The summed E-state index contributed by atoms with van der Waals surface area (Å²) in [5.74, 6) is 0.0860. The van der Waals surface area contributed by atoms with Gasteiger partial charge in [0, 0.05) is 16.2 Å². The predicted molar refractivity (Wildman–Crippen MR) is 59.6 cm³/mol. The van der Waals surface area contributed by atoms with E-state index in [2.05, 4.69) is 25.7 Å². The second-order valence-corrected chi connectivity index (χ2v) is 6.86. The number of rotatable bonds is 1. The van der Waals surface area contributed by atoms with Gasteiger partial charge >= 0.3 is 5.97 Å². The summed E-state index contributed by atoms with van der Waals surface area (Å²) < 4.78 is -0.195. The summed E-state index contributed by atoms with van der Waals surface area (Å²) in [5, 5.41) is 9.23. The molecule has 1 N–H and O–H groups in total. The third-order valence-electron chi connectivity index (χ3n) is 2.64. The quantitative estimate of drug-likeness (QED) is 0.729. The summed E-state index contributed by atoms with van der Waals surface area (Å²) in [6.07, 6.45) is 0. The molecule has 1 atom stereocenters. The maximum atomic E-state index is 11.2. The highest BCUT2D eigenvalue weighted by Crippen LogP contribution is 2.42. The largest absolute Gasteiger partial charge is 0.480 e. The van der Waals surface area contributed by atoms with Crippen molar-refractivity contribution in [2.24, 2.45) is 0 Å². The molecular weight excluding hydrogens is 198 g/mol. The molecule has 0 saturated carbocycles. The fourth-order valence-electron chi connectivity index (χ4n) is 1.78. The molecule has 1 fully saturated rings. The van der Waals surface area contributed by atoms with Crippen LogP contribution in [0.5, 0.6) is 0 Å². The summed E-state index contributed by atoms with van der Waals surface area (Å²) in [6.45, 7) is 10.2. The molecule has 0 amide bonds. The van der Waals surface area contributed by atoms with Crippen LogP contribution in [-0.4, -0.2) is 38.2 Å². The van der Waals surface area contributed by atoms with Gasteiger partial charge in [-0.05, 0) is 34.6 Å². The fourth-order valence-corrected chi connectivity index (χ4v) is 3.17. The van der Waals surface area contributed by atoms with Crippen molar-refractivity contribution in [1.82, 2.24) is 4.90 Å². The molecule has 1 heterocycles. The fraction of sp³-hybridized carbons (Fsp3) is 0.900. The van der Waals surface area contributed by atoms with E-state index < -0.39 is 5.97 Å². The van der Waals surface area contributed by atoms with E-state index in [1.54, 1.807) is 11.8 Å². The standard InChI is InChI=1S/C10H19NO2S/c1-9(2,3)11-6-14-10(4,5)7(11)8(12)13/h7H,6H2,1-5H3,(H,12,13). The van der Waals surface area contributed by atoms with Crippen LogP contribution in [0, 0.1) is 0 Å². The topological polar surface area (TPSA) is 40.5 Å². The second kappa shape index (κ2) is 3.42. The second-order valence-electron chi connectivity index (χ2n) is 5.26. The molecule has 1 unspecified atom stereocenters. The Labute approximate surface area is 89.9 Å². The van der Waals surface area contributed by atoms with Gasteiger partial charge in [0.25, 0.3) is 0 Å². The third kappa shape index (κ3) is 2.06. The Bertz CT molecular complexity index is 245. The first-order valence-corrected chi connectivity index (χ1v) is 5.78. The summed E-state index contributed by atoms with van der Waals surface area (Å²) in [4.78, 5) is 13.3. The van der Waals surface area contributed by atoms with Gasteiger partial charge in [-0.15, -0.1) is 11.8 Å². The molecule has 14 heavy (non-hydrogen) atoms. The lowest BCUT2D eigenvalue weighted by atomic mass is 9.96. The van der Waals surface area contributed by atoms with Crippen LogP contribution < -0.4 is 0 Å². The third-order valence-corrected chi connectivity index (χ3v) is 4.02. The van der Waals surface area contributed by atoms with Crippen LogP contribution in [-0.2, 0) is 4.79 Å². The minimum Gasteiger partial charge on any atom is -0.480 e. The Hall–Kier alpha value is -0.220. The first-order valence-electron chi connectivity index (χ1n) is 4.80. The molecule has 0 aromatic heterocycles. The van der Waals surface area contributed by atoms with E-state index in [-0.39, 0.29) is 16.3 Å². The van der Waals surface area contributed by atoms with Gasteiger partial charge in [-0.1, -0.05) is 0 Å².